The predicted molar refractivity (Wildman–Crippen MR) is 83.8 cm³/mol. The van der Waals surface area contributed by atoms with Gasteiger partial charge in [0.1, 0.15) is 5.75 Å². The molecule has 19 heavy (non-hydrogen) atoms. The van der Waals surface area contributed by atoms with Crippen LogP contribution < -0.4 is 10.5 Å². The summed E-state index contributed by atoms with van der Waals surface area (Å²) in [6.07, 6.45) is 9.17. The van der Waals surface area contributed by atoms with Crippen LogP contribution in [-0.2, 0) is 0 Å². The highest BCUT2D eigenvalue weighted by atomic mass is 16.5. The van der Waals surface area contributed by atoms with Gasteiger partial charge in [-0.3, -0.25) is 0 Å². The lowest BCUT2D eigenvalue weighted by Crippen LogP contribution is -2.01. The molecule has 0 atom stereocenters. The Morgan fingerprint density at radius 2 is 1.53 bits per heavy atom. The highest BCUT2D eigenvalue weighted by Gasteiger charge is 2.03. The number of hydrogen-bond donors (Lipinski definition) is 1. The molecular weight excluding hydrogens is 234 g/mol. The summed E-state index contributed by atoms with van der Waals surface area (Å²) >= 11 is 0. The van der Waals surface area contributed by atoms with Gasteiger partial charge in [-0.15, -0.1) is 0 Å². The molecule has 0 aliphatic rings. The molecule has 0 saturated carbocycles. The van der Waals surface area contributed by atoms with Gasteiger partial charge in [0, 0.05) is 11.8 Å². The Morgan fingerprint density at radius 1 is 0.895 bits per heavy atom. The Kier molecular flexibility index (Phi) is 7.39. The van der Waals surface area contributed by atoms with Crippen LogP contribution in [0.25, 0.3) is 0 Å². The van der Waals surface area contributed by atoms with E-state index in [9.17, 15) is 0 Å². The zero-order valence-electron chi connectivity index (χ0n) is 12.8. The van der Waals surface area contributed by atoms with E-state index in [1.165, 1.54) is 44.1 Å². The zero-order chi connectivity index (χ0) is 14.1. The molecule has 0 aliphatic heterocycles. The van der Waals surface area contributed by atoms with Gasteiger partial charge in [-0.2, -0.15) is 0 Å². The summed E-state index contributed by atoms with van der Waals surface area (Å²) in [7, 11) is 0. The minimum atomic E-state index is 0.803. The third kappa shape index (κ3) is 6.00. The third-order valence-corrected chi connectivity index (χ3v) is 3.57. The van der Waals surface area contributed by atoms with E-state index in [1.54, 1.807) is 0 Å². The molecule has 108 valence electrons. The van der Waals surface area contributed by atoms with Gasteiger partial charge < -0.3 is 10.5 Å². The van der Waals surface area contributed by atoms with Crippen molar-refractivity contribution < 1.29 is 4.74 Å². The van der Waals surface area contributed by atoms with Crippen LogP contribution in [0.1, 0.15) is 63.0 Å². The number of ether oxygens (including phenoxy) is 1. The average molecular weight is 263 g/mol. The fourth-order valence-corrected chi connectivity index (χ4v) is 2.24. The maximum atomic E-state index is 5.91. The smallest absolute Gasteiger partial charge is 0.124 e. The van der Waals surface area contributed by atoms with Crippen LogP contribution in [-0.4, -0.2) is 6.61 Å². The molecule has 0 amide bonds. The van der Waals surface area contributed by atoms with Crippen LogP contribution in [0.2, 0.25) is 0 Å². The van der Waals surface area contributed by atoms with Crippen molar-refractivity contribution >= 4 is 5.69 Å². The van der Waals surface area contributed by atoms with Gasteiger partial charge in [-0.25, -0.2) is 0 Å². The summed E-state index contributed by atoms with van der Waals surface area (Å²) in [5, 5.41) is 0. The first-order chi connectivity index (χ1) is 9.15. The summed E-state index contributed by atoms with van der Waals surface area (Å²) < 4.78 is 5.82. The third-order valence-electron chi connectivity index (χ3n) is 3.57. The van der Waals surface area contributed by atoms with E-state index < -0.39 is 0 Å². The average Bonchev–Trinajstić information content (AvgIpc) is 2.38. The molecule has 0 aromatic heterocycles. The molecule has 0 unspecified atom stereocenters. The molecular formula is C17H29NO. The van der Waals surface area contributed by atoms with Gasteiger partial charge in [0.05, 0.1) is 6.61 Å². The van der Waals surface area contributed by atoms with Crippen molar-refractivity contribution in [2.45, 2.75) is 65.7 Å². The molecule has 1 aromatic carbocycles. The van der Waals surface area contributed by atoms with Gasteiger partial charge >= 0.3 is 0 Å². The predicted octanol–water partition coefficient (Wildman–Crippen LogP) is 5.02. The minimum absolute atomic E-state index is 0.803. The lowest BCUT2D eigenvalue weighted by atomic mass is 10.1. The molecule has 1 rings (SSSR count). The van der Waals surface area contributed by atoms with E-state index in [2.05, 4.69) is 19.9 Å². The Morgan fingerprint density at radius 3 is 2.21 bits per heavy atom. The molecule has 0 spiro atoms. The number of hydrogen-bond acceptors (Lipinski definition) is 2. The summed E-state index contributed by atoms with van der Waals surface area (Å²) in [4.78, 5) is 0. The first-order valence-corrected chi connectivity index (χ1v) is 7.64. The maximum absolute atomic E-state index is 5.91. The second kappa shape index (κ2) is 8.84. The minimum Gasteiger partial charge on any atom is -0.493 e. The van der Waals surface area contributed by atoms with E-state index in [0.717, 1.165) is 30.0 Å². The maximum Gasteiger partial charge on any atom is 0.124 e. The van der Waals surface area contributed by atoms with E-state index >= 15 is 0 Å². The summed E-state index contributed by atoms with van der Waals surface area (Å²) in [6.45, 7) is 7.16. The van der Waals surface area contributed by atoms with Crippen molar-refractivity contribution in [3.05, 3.63) is 23.3 Å². The molecule has 2 N–H and O–H groups in total. The lowest BCUT2D eigenvalue weighted by molar-refractivity contribution is 0.302. The van der Waals surface area contributed by atoms with Crippen molar-refractivity contribution in [2.24, 2.45) is 0 Å². The first kappa shape index (κ1) is 15.9. The molecule has 0 radical (unpaired) electrons. The Labute approximate surface area is 118 Å². The van der Waals surface area contributed by atoms with Crippen molar-refractivity contribution in [1.82, 2.24) is 0 Å². The van der Waals surface area contributed by atoms with Gasteiger partial charge in [0.2, 0.25) is 0 Å². The van der Waals surface area contributed by atoms with Crippen LogP contribution in [0, 0.1) is 13.8 Å². The van der Waals surface area contributed by atoms with E-state index in [1.807, 2.05) is 13.0 Å². The molecule has 0 fully saturated rings. The van der Waals surface area contributed by atoms with Crippen LogP contribution in [0.3, 0.4) is 0 Å². The van der Waals surface area contributed by atoms with Gasteiger partial charge in [0.15, 0.2) is 0 Å². The topological polar surface area (TPSA) is 35.2 Å². The van der Waals surface area contributed by atoms with Crippen molar-refractivity contribution in [2.75, 3.05) is 12.3 Å². The van der Waals surface area contributed by atoms with Gasteiger partial charge in [-0.1, -0.05) is 51.5 Å². The highest BCUT2D eigenvalue weighted by Crippen LogP contribution is 2.24. The molecule has 2 nitrogen and oxygen atoms in total. The Balaban J connectivity index is 2.17. The van der Waals surface area contributed by atoms with E-state index in [-0.39, 0.29) is 0 Å². The van der Waals surface area contributed by atoms with Gasteiger partial charge in [0.25, 0.3) is 0 Å². The lowest BCUT2D eigenvalue weighted by Gasteiger charge is -2.11. The number of aryl methyl sites for hydroxylation is 2. The second-order valence-corrected chi connectivity index (χ2v) is 5.44. The Bertz CT molecular complexity index is 374. The molecule has 0 aliphatic carbocycles. The highest BCUT2D eigenvalue weighted by molar-refractivity contribution is 5.54. The van der Waals surface area contributed by atoms with Crippen LogP contribution in [0.5, 0.6) is 5.75 Å². The van der Waals surface area contributed by atoms with Crippen molar-refractivity contribution in [3.8, 4) is 5.75 Å². The van der Waals surface area contributed by atoms with Crippen LogP contribution in [0.15, 0.2) is 12.1 Å². The first-order valence-electron chi connectivity index (χ1n) is 7.64. The molecule has 0 saturated heterocycles. The fraction of sp³-hybridized carbons (Fsp3) is 0.647. The Hall–Kier alpha value is -1.18. The number of nitrogen functional groups attached to an aromatic ring is 1. The standard InChI is InChI=1S/C17H29NO/c1-4-5-6-7-8-9-10-11-19-17-13-16(18)14(2)12-15(17)3/h12-13H,4-11,18H2,1-3H3. The van der Waals surface area contributed by atoms with Crippen LogP contribution in [0.4, 0.5) is 5.69 Å². The SMILES string of the molecule is CCCCCCCCCOc1cc(N)c(C)cc1C. The fourth-order valence-electron chi connectivity index (χ4n) is 2.24. The normalized spacial score (nSPS) is 10.7. The zero-order valence-corrected chi connectivity index (χ0v) is 12.8. The summed E-state index contributed by atoms with van der Waals surface area (Å²) in [5.41, 5.74) is 9.03. The van der Waals surface area contributed by atoms with E-state index in [4.69, 9.17) is 10.5 Å². The van der Waals surface area contributed by atoms with Gasteiger partial charge in [-0.05, 0) is 31.4 Å². The summed E-state index contributed by atoms with van der Waals surface area (Å²) in [5.74, 6) is 0.939. The number of anilines is 1. The monoisotopic (exact) mass is 263 g/mol. The second-order valence-electron chi connectivity index (χ2n) is 5.44. The molecule has 0 bridgehead atoms. The molecule has 2 heteroatoms. The summed E-state index contributed by atoms with van der Waals surface area (Å²) in [6, 6.07) is 4.04. The number of nitrogens with two attached hydrogens (primary N) is 1. The molecule has 1 aromatic rings. The van der Waals surface area contributed by atoms with Crippen molar-refractivity contribution in [1.29, 1.82) is 0 Å². The quantitative estimate of drug-likeness (QED) is 0.502. The van der Waals surface area contributed by atoms with E-state index in [0.29, 0.717) is 0 Å². The number of rotatable bonds is 9. The number of unbranched alkanes of at least 4 members (excludes halogenated alkanes) is 6. The van der Waals surface area contributed by atoms with Crippen molar-refractivity contribution in [3.63, 3.8) is 0 Å². The largest absolute Gasteiger partial charge is 0.493 e. The number of benzene rings is 1. The van der Waals surface area contributed by atoms with Crippen LogP contribution >= 0.6 is 0 Å². The molecule has 0 heterocycles.